The molecule has 0 radical (unpaired) electrons. The molecule has 19 N–H and O–H groups in total. The van der Waals surface area contributed by atoms with Crippen LogP contribution in [-0.4, -0.2) is 166 Å². The average molecular weight is 1310 g/mol. The molecule has 0 aromatic carbocycles. The number of aromatic amines is 1. The summed E-state index contributed by atoms with van der Waals surface area (Å²) in [4.78, 5) is 86.2. The molecule has 6 aromatic rings. The molecule has 49 heteroatoms. The van der Waals surface area contributed by atoms with Crippen LogP contribution in [0, 0.1) is 0 Å². The predicted octanol–water partition coefficient (Wildman–Crippen LogP) is 1.65. The second-order valence-corrected chi connectivity index (χ2v) is 18.5. The number of hydrogen-bond donors (Lipinski definition) is 13. The van der Waals surface area contributed by atoms with Gasteiger partial charge in [0.25, 0.3) is 0 Å². The smallest absolute Gasteiger partial charge is 0.320 e. The highest BCUT2D eigenvalue weighted by Crippen LogP contribution is 2.13. The van der Waals surface area contributed by atoms with Crippen molar-refractivity contribution in [1.82, 2.24) is 50.1 Å². The van der Waals surface area contributed by atoms with Crippen molar-refractivity contribution in [3.8, 4) is 0 Å². The maximum atomic E-state index is 10.5. The first-order valence-electron chi connectivity index (χ1n) is 25.5. The Labute approximate surface area is 517 Å². The van der Waals surface area contributed by atoms with Crippen LogP contribution in [0.25, 0.3) is 62.7 Å². The van der Waals surface area contributed by atoms with E-state index in [2.05, 4.69) is 101 Å². The molecule has 0 amide bonds. The van der Waals surface area contributed by atoms with Gasteiger partial charge >= 0.3 is 35.8 Å². The van der Waals surface area contributed by atoms with Gasteiger partial charge < -0.3 is 74.0 Å². The van der Waals surface area contributed by atoms with Gasteiger partial charge in [0.15, 0.2) is 5.89 Å². The number of aliphatic carboxylic acids is 6. The summed E-state index contributed by atoms with van der Waals surface area (Å²) in [6.07, 6.45) is 5.38. The third-order valence-electron chi connectivity index (χ3n) is 10.4. The fourth-order valence-electron chi connectivity index (χ4n) is 5.99. The molecule has 6 heterocycles. The molecule has 0 unspecified atom stereocenters. The zero-order valence-corrected chi connectivity index (χ0v) is 48.6. The molecule has 0 aliphatic rings. The number of oxazole rings is 1. The van der Waals surface area contributed by atoms with Crippen molar-refractivity contribution in [2.45, 2.75) is 114 Å². The number of nitrogens with one attached hydrogen (secondary N) is 1. The van der Waals surface area contributed by atoms with Gasteiger partial charge in [-0.05, 0) is 45.3 Å². The number of carboxylic acid groups (broad SMARTS) is 6. The van der Waals surface area contributed by atoms with Gasteiger partial charge in [0.05, 0.1) is 58.8 Å². The van der Waals surface area contributed by atoms with Crippen LogP contribution >= 0.6 is 11.3 Å². The Kier molecular flexibility index (Phi) is 37.7. The number of aromatic nitrogens is 10. The molecule has 0 saturated carbocycles. The highest BCUT2D eigenvalue weighted by Gasteiger charge is 2.19. The molecular formula is C43H60N34O14S. The molecule has 6 atom stereocenters. The molecule has 48 nitrogen and oxygen atoms in total. The van der Waals surface area contributed by atoms with Gasteiger partial charge in [-0.1, -0.05) is 41.1 Å². The first kappa shape index (κ1) is 78.1. The van der Waals surface area contributed by atoms with E-state index in [1.807, 2.05) is 0 Å². The molecule has 0 fully saturated rings. The van der Waals surface area contributed by atoms with Crippen LogP contribution in [0.3, 0.4) is 0 Å². The molecular weight excluding hydrogens is 1250 g/mol. The second kappa shape index (κ2) is 44.5. The van der Waals surface area contributed by atoms with E-state index in [0.29, 0.717) is 70.3 Å². The lowest BCUT2D eigenvalue weighted by Crippen LogP contribution is -2.32. The van der Waals surface area contributed by atoms with Crippen LogP contribution in [0.4, 0.5) is 0 Å². The van der Waals surface area contributed by atoms with Crippen LogP contribution in [-0.2, 0) is 107 Å². The minimum atomic E-state index is -1.10. The number of hydrogen-bond acceptors (Lipinski definition) is 28. The molecule has 0 aliphatic heterocycles. The van der Waals surface area contributed by atoms with Crippen LogP contribution in [0.15, 0.2) is 81.9 Å². The Bertz CT molecular complexity index is 3210. The summed E-state index contributed by atoms with van der Waals surface area (Å²) < 4.78 is 12.8. The molecule has 0 bridgehead atoms. The predicted molar refractivity (Wildman–Crippen MR) is 311 cm³/mol. The summed E-state index contributed by atoms with van der Waals surface area (Å²) in [6.45, 7) is 1.81. The first-order valence-corrected chi connectivity index (χ1v) is 26.4. The van der Waals surface area contributed by atoms with E-state index >= 15 is 0 Å². The van der Waals surface area contributed by atoms with Crippen molar-refractivity contribution in [3.63, 3.8) is 0 Å². The van der Waals surface area contributed by atoms with Gasteiger partial charge in [0, 0.05) is 124 Å². The largest absolute Gasteiger partial charge is 0.480 e. The van der Waals surface area contributed by atoms with E-state index in [-0.39, 0.29) is 77.1 Å². The van der Waals surface area contributed by atoms with Gasteiger partial charge in [0.1, 0.15) is 54.8 Å². The van der Waals surface area contributed by atoms with Gasteiger partial charge in [-0.3, -0.25) is 43.2 Å². The number of azide groups is 6. The number of carboxylic acids is 6. The van der Waals surface area contributed by atoms with E-state index in [0.717, 1.165) is 0 Å². The average Bonchev–Trinajstić information content (AvgIpc) is 3.74. The van der Waals surface area contributed by atoms with Gasteiger partial charge in [0.2, 0.25) is 0 Å². The monoisotopic (exact) mass is 1310 g/mol. The topological polar surface area (TPSA) is 815 Å². The third-order valence-corrected chi connectivity index (χ3v) is 11.3. The van der Waals surface area contributed by atoms with Gasteiger partial charge in [-0.2, -0.15) is 10.2 Å². The Morgan fingerprint density at radius 3 is 1.55 bits per heavy atom. The Hall–Kier alpha value is -11.9. The van der Waals surface area contributed by atoms with Crippen LogP contribution in [0.2, 0.25) is 0 Å². The highest BCUT2D eigenvalue weighted by molar-refractivity contribution is 7.09. The number of rotatable bonds is 32. The van der Waals surface area contributed by atoms with Crippen molar-refractivity contribution < 1.29 is 68.3 Å². The summed E-state index contributed by atoms with van der Waals surface area (Å²) >= 11 is 1.32. The molecule has 6 rings (SSSR count). The number of nitrogens with two attached hydrogens (primary N) is 6. The van der Waals surface area contributed by atoms with Crippen molar-refractivity contribution in [3.05, 3.63) is 161 Å². The zero-order valence-electron chi connectivity index (χ0n) is 47.8. The maximum absolute atomic E-state index is 10.5. The molecule has 92 heavy (non-hydrogen) atoms. The zero-order chi connectivity index (χ0) is 69.0. The van der Waals surface area contributed by atoms with Crippen molar-refractivity contribution in [1.29, 1.82) is 0 Å². The first-order chi connectivity index (χ1) is 43.8. The van der Waals surface area contributed by atoms with Crippen LogP contribution in [0.5, 0.6) is 0 Å². The molecule has 0 saturated heterocycles. The lowest BCUT2D eigenvalue weighted by Gasteiger charge is -2.02. The van der Waals surface area contributed by atoms with Crippen molar-refractivity contribution in [2.75, 3.05) is 13.1 Å². The number of H-pyrrole nitrogens is 1. The van der Waals surface area contributed by atoms with E-state index in [1.54, 1.807) is 34.6 Å². The quantitative estimate of drug-likeness (QED) is 0.0162. The van der Waals surface area contributed by atoms with Crippen molar-refractivity contribution in [2.24, 2.45) is 65.1 Å². The lowest BCUT2D eigenvalue weighted by atomic mass is 10.1. The Morgan fingerprint density at radius 2 is 1.01 bits per heavy atom. The van der Waals surface area contributed by atoms with E-state index in [9.17, 15) is 28.8 Å². The molecule has 0 aliphatic carbocycles. The third kappa shape index (κ3) is 34.4. The molecule has 6 aromatic heterocycles. The van der Waals surface area contributed by atoms with Crippen LogP contribution in [0.1, 0.15) is 56.5 Å². The number of thiazole rings is 1. The van der Waals surface area contributed by atoms with Crippen molar-refractivity contribution >= 4 is 47.2 Å². The molecule has 0 spiro atoms. The summed E-state index contributed by atoms with van der Waals surface area (Å²) in [6, 6.07) is -1.03. The number of carbonyl (C=O) groups is 6. The lowest BCUT2D eigenvalue weighted by molar-refractivity contribution is -0.139. The van der Waals surface area contributed by atoms with Crippen LogP contribution < -0.4 is 34.4 Å². The SMILES string of the molecule is [N-]=[N+]=NCCn1cc(C[C@H](N)C(=O)O)nn1.[N-]=[N+]=NCCn1ccc(C[C@H](N)C(=O)O)n1.[N-]=[N+]=NCc1cc(C[C@H](N)C(=O)O)[nH]n1.[N-]=[N+]=NCc1cc(C[C@H](N)C(=O)O)no1.[N-]=[N+]=NCc1nc(C[C@H](N)C(=O)O)co1.[N-]=[N+]=NCc1nc(C[C@H](N)C(=O)O)cs1. The standard InChI is InChI=1S/C8H12N6O2.C7H11N7O2.C7H10N6O2.2C7H9N5O3.C7H9N5O2S/c9-7(8(15)16)5-6-1-3-14(12-6)4-2-11-13-10;8-6(7(15)16)3-5-4-14(13-11-5)2-1-10-12-9;8-6(7(14)15)2-4-1-5(12-11-4)3-10-13-9;8-5(7(13)14)1-4-3-15-6(11-4)2-10-12-9;8-6(7(13)14)2-4-1-5(15-11-4)3-10-12-9;8-5(7(13)14)1-4-3-15-6(11-4)2-10-12-9/h1,3,7H,2,4-5,9H2,(H,15,16);4,6H,1-3,8H2,(H,15,16);1,6H,2-3,8H2,(H,11,12)(H,14,15);3,5H,1-2,8H2,(H,13,14);1,6H,2-3,8H2,(H,13,14);3,5H,1-2,8H2,(H,13,14)/t7-;2*6-;5-;6-;5-/m000000/s1. The normalized spacial score (nSPS) is 11.8. The summed E-state index contributed by atoms with van der Waals surface area (Å²) in [5, 5.41) is 95.3. The summed E-state index contributed by atoms with van der Waals surface area (Å²) in [7, 11) is 0. The number of nitrogens with zero attached hydrogens (tertiary/aromatic N) is 27. The fraction of sp³-hybridized carbons (Fsp3) is 0.465. The summed E-state index contributed by atoms with van der Waals surface area (Å²) in [5.74, 6) is -5.85. The summed E-state index contributed by atoms with van der Waals surface area (Å²) in [5.41, 5.74) is 84.1. The highest BCUT2D eigenvalue weighted by atomic mass is 32.1. The maximum Gasteiger partial charge on any atom is 0.320 e. The minimum Gasteiger partial charge on any atom is -0.480 e. The Balaban J connectivity index is 0.000000552. The van der Waals surface area contributed by atoms with E-state index in [1.165, 1.54) is 28.3 Å². The van der Waals surface area contributed by atoms with Gasteiger partial charge in [-0.15, -0.1) is 16.4 Å². The van der Waals surface area contributed by atoms with Gasteiger partial charge in [-0.25, -0.2) is 9.97 Å². The van der Waals surface area contributed by atoms with E-state index in [4.69, 9.17) is 107 Å². The Morgan fingerprint density at radius 1 is 0.543 bits per heavy atom. The fourth-order valence-corrected chi connectivity index (χ4v) is 6.71. The van der Waals surface area contributed by atoms with E-state index < -0.39 is 72.1 Å². The molecule has 492 valence electrons. The minimum absolute atomic E-state index is 0.00118. The second-order valence-electron chi connectivity index (χ2n) is 17.5.